The summed E-state index contributed by atoms with van der Waals surface area (Å²) in [6, 6.07) is 34.1. The average molecular weight is 446 g/mol. The smallest absolute Gasteiger partial charge is 0.122 e. The fourth-order valence-corrected chi connectivity index (χ4v) is 5.51. The quantitative estimate of drug-likeness (QED) is 0.256. The molecular weight excluding hydrogens is 426 g/mol. The summed E-state index contributed by atoms with van der Waals surface area (Å²) in [5.41, 5.74) is 8.84. The summed E-state index contributed by atoms with van der Waals surface area (Å²) in [6.45, 7) is 2.14. The lowest BCUT2D eigenvalue weighted by atomic mass is 10.1. The van der Waals surface area contributed by atoms with Crippen molar-refractivity contribution in [1.82, 2.24) is 13.5 Å². The van der Waals surface area contributed by atoms with E-state index in [9.17, 15) is 0 Å². The van der Waals surface area contributed by atoms with Crippen molar-refractivity contribution in [1.29, 1.82) is 0 Å². The van der Waals surface area contributed by atoms with Crippen LogP contribution >= 0.6 is 11.6 Å². The van der Waals surface area contributed by atoms with Crippen LogP contribution in [0.3, 0.4) is 0 Å². The summed E-state index contributed by atoms with van der Waals surface area (Å²) in [7, 11) is 0. The summed E-state index contributed by atoms with van der Waals surface area (Å²) in [6.07, 6.45) is 2.10. The van der Waals surface area contributed by atoms with E-state index in [2.05, 4.69) is 124 Å². The fraction of sp³-hybridized carbons (Fsp3) is 0.0345. The fourth-order valence-electron chi connectivity index (χ4n) is 5.23. The Hall–Kier alpha value is -3.95. The van der Waals surface area contributed by atoms with E-state index in [1.807, 2.05) is 0 Å². The number of aryl methyl sites for hydroxylation is 1. The number of rotatable bonds is 2. The van der Waals surface area contributed by atoms with E-state index in [0.717, 1.165) is 49.7 Å². The molecule has 3 heterocycles. The van der Waals surface area contributed by atoms with Gasteiger partial charge >= 0.3 is 0 Å². The maximum absolute atomic E-state index is 7.28. The van der Waals surface area contributed by atoms with E-state index >= 15 is 0 Å². The molecule has 0 aliphatic carbocycles. The zero-order chi connectivity index (χ0) is 22.1. The molecule has 7 rings (SSSR count). The van der Waals surface area contributed by atoms with Crippen LogP contribution in [0.4, 0.5) is 0 Å². The molecule has 158 valence electrons. The number of aromatic nitrogens is 3. The van der Waals surface area contributed by atoms with Crippen molar-refractivity contribution in [2.75, 3.05) is 0 Å². The minimum absolute atomic E-state index is 0.733. The molecule has 0 aliphatic heterocycles. The highest BCUT2D eigenvalue weighted by molar-refractivity contribution is 6.34. The summed E-state index contributed by atoms with van der Waals surface area (Å²) in [4.78, 5) is 0. The number of halogens is 1. The van der Waals surface area contributed by atoms with Gasteiger partial charge in [-0.3, -0.25) is 4.57 Å². The SMILES string of the molecule is Cc1cc(-n2c3ccccc3c3ccccc32)c(Cl)c(-n2c3ccccc3n3cccc23)c1. The standard InChI is InChI=1S/C29H20ClN3/c1-19-17-26(32-22-11-4-2-9-20(22)21-10-3-5-12-23(21)32)29(30)27(18-19)33-25-14-7-6-13-24(25)31-16-8-15-28(31)33/h2-18H,1H3. The number of imidazole rings is 1. The predicted molar refractivity (Wildman–Crippen MR) is 138 cm³/mol. The van der Waals surface area contributed by atoms with Crippen molar-refractivity contribution in [3.8, 4) is 11.4 Å². The van der Waals surface area contributed by atoms with Gasteiger partial charge in [-0.05, 0) is 61.0 Å². The zero-order valence-electron chi connectivity index (χ0n) is 18.0. The Labute approximate surface area is 195 Å². The van der Waals surface area contributed by atoms with Gasteiger partial charge in [0.1, 0.15) is 5.65 Å². The first-order valence-electron chi connectivity index (χ1n) is 11.1. The van der Waals surface area contributed by atoms with Crippen molar-refractivity contribution in [3.05, 3.63) is 114 Å². The third-order valence-electron chi connectivity index (χ3n) is 6.58. The molecule has 0 saturated heterocycles. The van der Waals surface area contributed by atoms with Crippen molar-refractivity contribution in [2.45, 2.75) is 6.92 Å². The minimum Gasteiger partial charge on any atom is -0.308 e. The van der Waals surface area contributed by atoms with Crippen LogP contribution in [0.25, 0.3) is 49.9 Å². The number of hydrogen-bond donors (Lipinski definition) is 0. The Morgan fingerprint density at radius 1 is 0.576 bits per heavy atom. The first-order chi connectivity index (χ1) is 16.2. The van der Waals surface area contributed by atoms with Crippen LogP contribution < -0.4 is 0 Å². The normalized spacial score (nSPS) is 11.9. The molecule has 0 aliphatic rings. The lowest BCUT2D eigenvalue weighted by Gasteiger charge is -2.16. The molecule has 0 radical (unpaired) electrons. The van der Waals surface area contributed by atoms with Crippen molar-refractivity contribution < 1.29 is 0 Å². The summed E-state index contributed by atoms with van der Waals surface area (Å²) >= 11 is 7.28. The highest BCUT2D eigenvalue weighted by Crippen LogP contribution is 2.38. The van der Waals surface area contributed by atoms with Gasteiger partial charge in [0.25, 0.3) is 0 Å². The lowest BCUT2D eigenvalue weighted by molar-refractivity contribution is 1.10. The number of para-hydroxylation sites is 4. The summed E-state index contributed by atoms with van der Waals surface area (Å²) < 4.78 is 6.78. The van der Waals surface area contributed by atoms with E-state index < -0.39 is 0 Å². The van der Waals surface area contributed by atoms with Gasteiger partial charge in [0, 0.05) is 17.0 Å². The summed E-state index contributed by atoms with van der Waals surface area (Å²) in [5.74, 6) is 0. The molecule has 33 heavy (non-hydrogen) atoms. The second kappa shape index (κ2) is 6.77. The molecule has 4 aromatic carbocycles. The number of nitrogens with zero attached hydrogens (tertiary/aromatic N) is 3. The Morgan fingerprint density at radius 2 is 1.12 bits per heavy atom. The van der Waals surface area contributed by atoms with Crippen LogP contribution in [0.15, 0.2) is 103 Å². The van der Waals surface area contributed by atoms with Crippen molar-refractivity contribution in [3.63, 3.8) is 0 Å². The molecule has 0 fully saturated rings. The number of fused-ring (bicyclic) bond motifs is 6. The molecular formula is C29H20ClN3. The molecule has 0 N–H and O–H groups in total. The molecule has 3 nitrogen and oxygen atoms in total. The second-order valence-electron chi connectivity index (χ2n) is 8.55. The Kier molecular flexibility index (Phi) is 3.82. The third kappa shape index (κ3) is 2.51. The van der Waals surface area contributed by atoms with Crippen LogP contribution in [-0.4, -0.2) is 13.5 Å². The second-order valence-corrected chi connectivity index (χ2v) is 8.93. The lowest BCUT2D eigenvalue weighted by Crippen LogP contribution is -2.02. The topological polar surface area (TPSA) is 14.3 Å². The molecule has 0 atom stereocenters. The molecule has 0 spiro atoms. The first kappa shape index (κ1) is 18.6. The van der Waals surface area contributed by atoms with E-state index in [4.69, 9.17) is 11.6 Å². The van der Waals surface area contributed by atoms with Gasteiger partial charge < -0.3 is 8.97 Å². The Balaban J connectivity index is 1.62. The zero-order valence-corrected chi connectivity index (χ0v) is 18.8. The van der Waals surface area contributed by atoms with Gasteiger partial charge in [-0.1, -0.05) is 60.1 Å². The molecule has 0 saturated carbocycles. The third-order valence-corrected chi connectivity index (χ3v) is 6.97. The van der Waals surface area contributed by atoms with Gasteiger partial charge in [-0.15, -0.1) is 0 Å². The van der Waals surface area contributed by atoms with E-state index in [1.165, 1.54) is 10.8 Å². The van der Waals surface area contributed by atoms with Crippen LogP contribution in [0.2, 0.25) is 5.02 Å². The maximum atomic E-state index is 7.28. The van der Waals surface area contributed by atoms with E-state index in [1.54, 1.807) is 0 Å². The molecule has 0 bridgehead atoms. The van der Waals surface area contributed by atoms with Crippen molar-refractivity contribution >= 4 is 50.1 Å². The van der Waals surface area contributed by atoms with E-state index in [-0.39, 0.29) is 0 Å². The predicted octanol–water partition coefficient (Wildman–Crippen LogP) is 7.94. The molecule has 0 amide bonds. The number of hydrogen-bond acceptors (Lipinski definition) is 0. The summed E-state index contributed by atoms with van der Waals surface area (Å²) in [5, 5.41) is 3.19. The maximum Gasteiger partial charge on any atom is 0.122 e. The van der Waals surface area contributed by atoms with Gasteiger partial charge in [0.05, 0.1) is 38.5 Å². The van der Waals surface area contributed by atoms with Crippen LogP contribution in [0.5, 0.6) is 0 Å². The van der Waals surface area contributed by atoms with Crippen LogP contribution in [-0.2, 0) is 0 Å². The van der Waals surface area contributed by atoms with Gasteiger partial charge in [-0.25, -0.2) is 0 Å². The molecule has 7 aromatic rings. The Bertz CT molecular complexity index is 1790. The van der Waals surface area contributed by atoms with E-state index in [0.29, 0.717) is 0 Å². The Morgan fingerprint density at radius 3 is 1.79 bits per heavy atom. The van der Waals surface area contributed by atoms with Crippen LogP contribution in [0.1, 0.15) is 5.56 Å². The minimum atomic E-state index is 0.733. The molecule has 0 unspecified atom stereocenters. The largest absolute Gasteiger partial charge is 0.308 e. The van der Waals surface area contributed by atoms with Crippen molar-refractivity contribution in [2.24, 2.45) is 0 Å². The number of benzene rings is 4. The van der Waals surface area contributed by atoms with Gasteiger partial charge in [0.15, 0.2) is 0 Å². The highest BCUT2D eigenvalue weighted by Gasteiger charge is 2.19. The average Bonchev–Trinajstić information content (AvgIpc) is 3.52. The first-order valence-corrected chi connectivity index (χ1v) is 11.5. The highest BCUT2D eigenvalue weighted by atomic mass is 35.5. The van der Waals surface area contributed by atoms with Gasteiger partial charge in [-0.2, -0.15) is 0 Å². The monoisotopic (exact) mass is 445 g/mol. The van der Waals surface area contributed by atoms with Crippen LogP contribution in [0, 0.1) is 6.92 Å². The van der Waals surface area contributed by atoms with Gasteiger partial charge in [0.2, 0.25) is 0 Å². The molecule has 4 heteroatoms. The molecule has 3 aromatic heterocycles.